The van der Waals surface area contributed by atoms with E-state index in [9.17, 15) is 4.79 Å². The van der Waals surface area contributed by atoms with E-state index in [0.717, 1.165) is 16.6 Å². The third-order valence-electron chi connectivity index (χ3n) is 2.74. The molecule has 0 saturated heterocycles. The average molecular weight is 237 g/mol. The van der Waals surface area contributed by atoms with Gasteiger partial charge in [0.1, 0.15) is 0 Å². The number of oxazole rings is 1. The van der Waals surface area contributed by atoms with E-state index in [0.29, 0.717) is 5.58 Å². The molecule has 18 heavy (non-hydrogen) atoms. The maximum absolute atomic E-state index is 11.2. The van der Waals surface area contributed by atoms with Crippen LogP contribution >= 0.6 is 0 Å². The van der Waals surface area contributed by atoms with Crippen LogP contribution in [-0.4, -0.2) is 4.98 Å². The third-order valence-corrected chi connectivity index (χ3v) is 2.74. The van der Waals surface area contributed by atoms with E-state index in [4.69, 9.17) is 4.42 Å². The summed E-state index contributed by atoms with van der Waals surface area (Å²) in [5, 5.41) is 0. The Morgan fingerprint density at radius 3 is 2.61 bits per heavy atom. The van der Waals surface area contributed by atoms with Gasteiger partial charge in [0, 0.05) is 5.56 Å². The molecule has 0 aliphatic carbocycles. The molecule has 0 amide bonds. The standard InChI is InChI=1S/C15H11NO2/c17-15-16-14-12(7-4-8-13(14)18-15)10-9-11-5-2-1-3-6-11/h1-10H,(H,16,17). The van der Waals surface area contributed by atoms with E-state index < -0.39 is 5.76 Å². The van der Waals surface area contributed by atoms with Crippen LogP contribution in [0.5, 0.6) is 0 Å². The number of hydrogen-bond acceptors (Lipinski definition) is 2. The summed E-state index contributed by atoms with van der Waals surface area (Å²) < 4.78 is 5.02. The Morgan fingerprint density at radius 1 is 0.944 bits per heavy atom. The number of para-hydroxylation sites is 1. The second-order valence-corrected chi connectivity index (χ2v) is 3.98. The van der Waals surface area contributed by atoms with Crippen LogP contribution in [0.1, 0.15) is 11.1 Å². The largest absolute Gasteiger partial charge is 0.417 e. The molecule has 0 atom stereocenters. The van der Waals surface area contributed by atoms with Gasteiger partial charge >= 0.3 is 5.76 Å². The van der Waals surface area contributed by atoms with Crippen molar-refractivity contribution in [3.63, 3.8) is 0 Å². The summed E-state index contributed by atoms with van der Waals surface area (Å²) in [6.07, 6.45) is 3.96. The van der Waals surface area contributed by atoms with Crippen LogP contribution in [0.2, 0.25) is 0 Å². The normalized spacial score (nSPS) is 11.3. The summed E-state index contributed by atoms with van der Waals surface area (Å²) in [4.78, 5) is 13.9. The number of aromatic nitrogens is 1. The van der Waals surface area contributed by atoms with Crippen molar-refractivity contribution in [3.8, 4) is 0 Å². The Labute approximate surface area is 103 Å². The molecule has 2 aromatic carbocycles. The number of rotatable bonds is 2. The minimum Gasteiger partial charge on any atom is -0.408 e. The maximum Gasteiger partial charge on any atom is 0.417 e. The molecule has 0 bridgehead atoms. The molecule has 0 aliphatic heterocycles. The number of aromatic amines is 1. The van der Waals surface area contributed by atoms with E-state index in [1.54, 1.807) is 6.07 Å². The molecule has 3 nitrogen and oxygen atoms in total. The van der Waals surface area contributed by atoms with E-state index in [2.05, 4.69) is 4.98 Å². The van der Waals surface area contributed by atoms with E-state index in [1.165, 1.54) is 0 Å². The van der Waals surface area contributed by atoms with Gasteiger partial charge in [0.2, 0.25) is 0 Å². The lowest BCUT2D eigenvalue weighted by Gasteiger charge is -1.95. The molecule has 1 aromatic heterocycles. The monoisotopic (exact) mass is 237 g/mol. The summed E-state index contributed by atoms with van der Waals surface area (Å²) in [6, 6.07) is 15.6. The molecule has 1 N–H and O–H groups in total. The van der Waals surface area contributed by atoms with Crippen molar-refractivity contribution in [1.29, 1.82) is 0 Å². The van der Waals surface area contributed by atoms with Crippen LogP contribution in [0.15, 0.2) is 57.7 Å². The molecule has 1 heterocycles. The fraction of sp³-hybridized carbons (Fsp3) is 0. The van der Waals surface area contributed by atoms with E-state index in [-0.39, 0.29) is 0 Å². The van der Waals surface area contributed by atoms with Gasteiger partial charge in [0.25, 0.3) is 0 Å². The van der Waals surface area contributed by atoms with Crippen molar-refractivity contribution >= 4 is 23.3 Å². The molecule has 0 aliphatic rings. The van der Waals surface area contributed by atoms with Gasteiger partial charge < -0.3 is 4.42 Å². The van der Waals surface area contributed by atoms with Crippen molar-refractivity contribution in [1.82, 2.24) is 4.98 Å². The summed E-state index contributed by atoms with van der Waals surface area (Å²) >= 11 is 0. The first-order valence-electron chi connectivity index (χ1n) is 5.68. The third kappa shape index (κ3) is 1.98. The number of H-pyrrole nitrogens is 1. The van der Waals surface area contributed by atoms with Gasteiger partial charge in [-0.1, -0.05) is 54.6 Å². The highest BCUT2D eigenvalue weighted by molar-refractivity contribution is 5.86. The number of benzene rings is 2. The number of fused-ring (bicyclic) bond motifs is 1. The summed E-state index contributed by atoms with van der Waals surface area (Å²) in [6.45, 7) is 0. The quantitative estimate of drug-likeness (QED) is 0.695. The second kappa shape index (κ2) is 4.37. The van der Waals surface area contributed by atoms with Crippen molar-refractivity contribution in [2.75, 3.05) is 0 Å². The van der Waals surface area contributed by atoms with Gasteiger partial charge in [0.05, 0.1) is 5.52 Å². The lowest BCUT2D eigenvalue weighted by Crippen LogP contribution is -1.93. The Bertz CT molecular complexity index is 751. The highest BCUT2D eigenvalue weighted by Gasteiger charge is 2.03. The van der Waals surface area contributed by atoms with Crippen LogP contribution in [0.25, 0.3) is 23.3 Å². The Morgan fingerprint density at radius 2 is 1.78 bits per heavy atom. The topological polar surface area (TPSA) is 46.0 Å². The van der Waals surface area contributed by atoms with Crippen LogP contribution in [0.4, 0.5) is 0 Å². The molecule has 88 valence electrons. The van der Waals surface area contributed by atoms with Crippen molar-refractivity contribution < 1.29 is 4.42 Å². The van der Waals surface area contributed by atoms with Crippen molar-refractivity contribution in [2.45, 2.75) is 0 Å². The molecule has 0 fully saturated rings. The number of hydrogen-bond donors (Lipinski definition) is 1. The lowest BCUT2D eigenvalue weighted by atomic mass is 10.1. The summed E-state index contributed by atoms with van der Waals surface area (Å²) in [7, 11) is 0. The average Bonchev–Trinajstić information content (AvgIpc) is 2.78. The summed E-state index contributed by atoms with van der Waals surface area (Å²) in [5.41, 5.74) is 3.35. The van der Waals surface area contributed by atoms with Crippen LogP contribution in [0, 0.1) is 0 Å². The van der Waals surface area contributed by atoms with Gasteiger partial charge in [-0.15, -0.1) is 0 Å². The zero-order chi connectivity index (χ0) is 12.4. The molecular formula is C15H11NO2. The predicted molar refractivity (Wildman–Crippen MR) is 72.2 cm³/mol. The van der Waals surface area contributed by atoms with Crippen LogP contribution < -0.4 is 5.76 Å². The highest BCUT2D eigenvalue weighted by Crippen LogP contribution is 2.17. The summed E-state index contributed by atoms with van der Waals surface area (Å²) in [5.74, 6) is -0.425. The first-order valence-corrected chi connectivity index (χ1v) is 5.68. The zero-order valence-corrected chi connectivity index (χ0v) is 9.59. The van der Waals surface area contributed by atoms with Gasteiger partial charge in [-0.25, -0.2) is 4.79 Å². The SMILES string of the molecule is O=c1[nH]c2c(C=Cc3ccccc3)cccc2o1. The first kappa shape index (κ1) is 10.6. The molecule has 0 spiro atoms. The molecule has 3 heteroatoms. The van der Waals surface area contributed by atoms with Gasteiger partial charge in [-0.2, -0.15) is 0 Å². The lowest BCUT2D eigenvalue weighted by molar-refractivity contribution is 0.555. The molecular weight excluding hydrogens is 226 g/mol. The molecule has 3 rings (SSSR count). The number of nitrogens with one attached hydrogen (secondary N) is 1. The van der Waals surface area contributed by atoms with Crippen molar-refractivity contribution in [3.05, 3.63) is 70.2 Å². The fourth-order valence-corrected chi connectivity index (χ4v) is 1.88. The second-order valence-electron chi connectivity index (χ2n) is 3.98. The molecule has 0 unspecified atom stereocenters. The molecule has 0 radical (unpaired) electrons. The minimum absolute atomic E-state index is 0.425. The smallest absolute Gasteiger partial charge is 0.408 e. The van der Waals surface area contributed by atoms with Crippen molar-refractivity contribution in [2.24, 2.45) is 0 Å². The Kier molecular flexibility index (Phi) is 2.57. The van der Waals surface area contributed by atoms with Crippen LogP contribution in [0.3, 0.4) is 0 Å². The Hall–Kier alpha value is -2.55. The minimum atomic E-state index is -0.425. The van der Waals surface area contributed by atoms with E-state index >= 15 is 0 Å². The van der Waals surface area contributed by atoms with Crippen LogP contribution in [-0.2, 0) is 0 Å². The Balaban J connectivity index is 2.05. The molecule has 3 aromatic rings. The zero-order valence-electron chi connectivity index (χ0n) is 9.59. The van der Waals surface area contributed by atoms with Gasteiger partial charge in [-0.05, 0) is 11.6 Å². The molecule has 0 saturated carbocycles. The first-order chi connectivity index (χ1) is 8.83. The highest BCUT2D eigenvalue weighted by atomic mass is 16.4. The van der Waals surface area contributed by atoms with Gasteiger partial charge in [-0.3, -0.25) is 4.98 Å². The maximum atomic E-state index is 11.2. The van der Waals surface area contributed by atoms with E-state index in [1.807, 2.05) is 54.6 Å². The fourth-order valence-electron chi connectivity index (χ4n) is 1.88. The van der Waals surface area contributed by atoms with Gasteiger partial charge in [0.15, 0.2) is 5.58 Å². The predicted octanol–water partition coefficient (Wildman–Crippen LogP) is 3.29.